The fourth-order valence-electron chi connectivity index (χ4n) is 2.34. The first kappa shape index (κ1) is 15.1. The van der Waals surface area contributed by atoms with Gasteiger partial charge in [-0.15, -0.1) is 0 Å². The van der Waals surface area contributed by atoms with Crippen LogP contribution in [0.1, 0.15) is 5.69 Å². The van der Waals surface area contributed by atoms with Crippen LogP contribution in [0.25, 0.3) is 16.9 Å². The van der Waals surface area contributed by atoms with E-state index in [4.69, 9.17) is 21.6 Å². The van der Waals surface area contributed by atoms with E-state index in [1.165, 1.54) is 0 Å². The molecular weight excluding hydrogens is 310 g/mol. The lowest BCUT2D eigenvalue weighted by Gasteiger charge is -2.08. The number of nitriles is 1. The maximum atomic E-state index is 8.93. The Morgan fingerprint density at radius 1 is 1.13 bits per heavy atom. The minimum atomic E-state index is 0.268. The van der Waals surface area contributed by atoms with Gasteiger partial charge in [-0.25, -0.2) is 4.68 Å². The Labute approximate surface area is 139 Å². The standard InChI is InChI=1S/C18H14ClN3O/c1-23-17-8-2-13(3-9-17)18-12-15(10-11-20)21-22(18)16-6-4-14(19)5-7-16/h2-9,12H,10H2,1H3. The lowest BCUT2D eigenvalue weighted by atomic mass is 10.1. The molecule has 1 aromatic heterocycles. The van der Waals surface area contributed by atoms with Gasteiger partial charge in [0, 0.05) is 10.6 Å². The lowest BCUT2D eigenvalue weighted by molar-refractivity contribution is 0.415. The third kappa shape index (κ3) is 3.20. The van der Waals surface area contributed by atoms with Crippen molar-refractivity contribution in [1.82, 2.24) is 9.78 Å². The molecule has 4 nitrogen and oxygen atoms in total. The highest BCUT2D eigenvalue weighted by atomic mass is 35.5. The molecule has 0 spiro atoms. The quantitative estimate of drug-likeness (QED) is 0.720. The Morgan fingerprint density at radius 2 is 1.83 bits per heavy atom. The Hall–Kier alpha value is -2.77. The average molecular weight is 324 g/mol. The van der Waals surface area contributed by atoms with Crippen LogP contribution in [0.5, 0.6) is 5.75 Å². The van der Waals surface area contributed by atoms with Crippen LogP contribution in [0.3, 0.4) is 0 Å². The molecule has 0 bridgehead atoms. The van der Waals surface area contributed by atoms with Crippen molar-refractivity contribution in [3.05, 3.63) is 65.3 Å². The molecule has 0 fully saturated rings. The molecule has 3 aromatic rings. The summed E-state index contributed by atoms with van der Waals surface area (Å²) in [4.78, 5) is 0. The molecule has 0 unspecified atom stereocenters. The maximum absolute atomic E-state index is 8.93. The van der Waals surface area contributed by atoms with Crippen molar-refractivity contribution in [3.8, 4) is 28.8 Å². The molecule has 0 saturated heterocycles. The minimum Gasteiger partial charge on any atom is -0.497 e. The molecule has 1 heterocycles. The minimum absolute atomic E-state index is 0.268. The molecule has 3 rings (SSSR count). The van der Waals surface area contributed by atoms with Gasteiger partial charge >= 0.3 is 0 Å². The number of nitrogens with zero attached hydrogens (tertiary/aromatic N) is 3. The summed E-state index contributed by atoms with van der Waals surface area (Å²) in [5.74, 6) is 0.795. The van der Waals surface area contributed by atoms with Gasteiger partial charge in [0.25, 0.3) is 0 Å². The number of halogens is 1. The van der Waals surface area contributed by atoms with E-state index in [2.05, 4.69) is 11.2 Å². The summed E-state index contributed by atoms with van der Waals surface area (Å²) >= 11 is 5.96. The van der Waals surface area contributed by atoms with Gasteiger partial charge in [0.05, 0.1) is 36.7 Å². The van der Waals surface area contributed by atoms with Gasteiger partial charge in [0.2, 0.25) is 0 Å². The van der Waals surface area contributed by atoms with Gasteiger partial charge in [0.15, 0.2) is 0 Å². The van der Waals surface area contributed by atoms with Crippen molar-refractivity contribution >= 4 is 11.6 Å². The molecule has 0 aliphatic carbocycles. The summed E-state index contributed by atoms with van der Waals surface area (Å²) in [5, 5.41) is 14.1. The van der Waals surface area contributed by atoms with Crippen LogP contribution >= 0.6 is 11.6 Å². The second kappa shape index (κ2) is 6.55. The molecule has 114 valence electrons. The van der Waals surface area contributed by atoms with E-state index in [0.717, 1.165) is 28.4 Å². The van der Waals surface area contributed by atoms with E-state index < -0.39 is 0 Å². The summed E-state index contributed by atoms with van der Waals surface area (Å²) in [7, 11) is 1.64. The Morgan fingerprint density at radius 3 is 2.43 bits per heavy atom. The van der Waals surface area contributed by atoms with Crippen molar-refractivity contribution in [2.75, 3.05) is 7.11 Å². The number of methoxy groups -OCH3 is 1. The van der Waals surface area contributed by atoms with Crippen molar-refractivity contribution in [2.45, 2.75) is 6.42 Å². The number of ether oxygens (including phenoxy) is 1. The Balaban J connectivity index is 2.10. The van der Waals surface area contributed by atoms with Crippen LogP contribution in [0, 0.1) is 11.3 Å². The second-order valence-corrected chi connectivity index (χ2v) is 5.41. The van der Waals surface area contributed by atoms with Crippen molar-refractivity contribution in [1.29, 1.82) is 5.26 Å². The topological polar surface area (TPSA) is 50.8 Å². The van der Waals surface area contributed by atoms with Crippen LogP contribution in [0.4, 0.5) is 0 Å². The van der Waals surface area contributed by atoms with Gasteiger partial charge in [-0.3, -0.25) is 0 Å². The summed E-state index contributed by atoms with van der Waals surface area (Å²) in [6.07, 6.45) is 0.268. The van der Waals surface area contributed by atoms with Crippen molar-refractivity contribution in [3.63, 3.8) is 0 Å². The number of aromatic nitrogens is 2. The molecule has 0 radical (unpaired) electrons. The maximum Gasteiger partial charge on any atom is 0.118 e. The first-order chi connectivity index (χ1) is 11.2. The third-order valence-corrected chi connectivity index (χ3v) is 3.73. The fraction of sp³-hybridized carbons (Fsp3) is 0.111. The van der Waals surface area contributed by atoms with E-state index in [-0.39, 0.29) is 6.42 Å². The van der Waals surface area contributed by atoms with Crippen LogP contribution < -0.4 is 4.74 Å². The van der Waals surface area contributed by atoms with Gasteiger partial charge in [-0.1, -0.05) is 11.6 Å². The SMILES string of the molecule is COc1ccc(-c2cc(CC#N)nn2-c2ccc(Cl)cc2)cc1. The lowest BCUT2D eigenvalue weighted by Crippen LogP contribution is -1.99. The van der Waals surface area contributed by atoms with E-state index in [0.29, 0.717) is 5.02 Å². The van der Waals surface area contributed by atoms with Gasteiger partial charge < -0.3 is 4.74 Å². The summed E-state index contributed by atoms with van der Waals surface area (Å²) in [5.41, 5.74) is 3.54. The highest BCUT2D eigenvalue weighted by molar-refractivity contribution is 6.30. The smallest absolute Gasteiger partial charge is 0.118 e. The molecule has 0 saturated carbocycles. The molecule has 23 heavy (non-hydrogen) atoms. The Bertz CT molecular complexity index is 845. The van der Waals surface area contributed by atoms with Crippen LogP contribution in [0.15, 0.2) is 54.6 Å². The first-order valence-corrected chi connectivity index (χ1v) is 7.45. The van der Waals surface area contributed by atoms with Gasteiger partial charge in [0.1, 0.15) is 5.75 Å². The molecule has 0 aliphatic heterocycles. The zero-order valence-electron chi connectivity index (χ0n) is 12.5. The zero-order valence-corrected chi connectivity index (χ0v) is 13.3. The summed E-state index contributed by atoms with van der Waals surface area (Å²) in [6, 6.07) is 19.3. The van der Waals surface area contributed by atoms with Crippen molar-refractivity contribution < 1.29 is 4.74 Å². The molecule has 5 heteroatoms. The van der Waals surface area contributed by atoms with E-state index in [1.807, 2.05) is 59.3 Å². The monoisotopic (exact) mass is 323 g/mol. The zero-order chi connectivity index (χ0) is 16.2. The largest absolute Gasteiger partial charge is 0.497 e. The molecule has 0 N–H and O–H groups in total. The summed E-state index contributed by atoms with van der Waals surface area (Å²) < 4.78 is 7.02. The predicted octanol–water partition coefficient (Wildman–Crippen LogP) is 4.27. The molecule has 2 aromatic carbocycles. The normalized spacial score (nSPS) is 10.3. The number of benzene rings is 2. The summed E-state index contributed by atoms with van der Waals surface area (Å²) in [6.45, 7) is 0. The van der Waals surface area contributed by atoms with Crippen molar-refractivity contribution in [2.24, 2.45) is 0 Å². The van der Waals surface area contributed by atoms with Crippen LogP contribution in [-0.2, 0) is 6.42 Å². The molecular formula is C18H14ClN3O. The van der Waals surface area contributed by atoms with Gasteiger partial charge in [-0.2, -0.15) is 10.4 Å². The van der Waals surface area contributed by atoms with Crippen LogP contribution in [-0.4, -0.2) is 16.9 Å². The predicted molar refractivity (Wildman–Crippen MR) is 89.9 cm³/mol. The Kier molecular flexibility index (Phi) is 4.31. The molecule has 0 atom stereocenters. The number of rotatable bonds is 4. The van der Waals surface area contributed by atoms with E-state index in [1.54, 1.807) is 7.11 Å². The highest BCUT2D eigenvalue weighted by Gasteiger charge is 2.12. The second-order valence-electron chi connectivity index (χ2n) is 4.97. The molecule has 0 amide bonds. The van der Waals surface area contributed by atoms with Crippen LogP contribution in [0.2, 0.25) is 5.02 Å². The fourth-order valence-corrected chi connectivity index (χ4v) is 2.47. The number of hydrogen-bond acceptors (Lipinski definition) is 3. The van der Waals surface area contributed by atoms with E-state index >= 15 is 0 Å². The third-order valence-electron chi connectivity index (χ3n) is 3.48. The molecule has 0 aliphatic rings. The van der Waals surface area contributed by atoms with Gasteiger partial charge in [-0.05, 0) is 54.6 Å². The number of hydrogen-bond donors (Lipinski definition) is 0. The van der Waals surface area contributed by atoms with E-state index in [9.17, 15) is 0 Å². The first-order valence-electron chi connectivity index (χ1n) is 7.07. The average Bonchev–Trinajstić information content (AvgIpc) is 3.00. The highest BCUT2D eigenvalue weighted by Crippen LogP contribution is 2.26.